The first-order valence-electron chi connectivity index (χ1n) is 9.08. The number of aryl methyl sites for hydroxylation is 1. The number of fused-ring (bicyclic) bond motifs is 1. The summed E-state index contributed by atoms with van der Waals surface area (Å²) in [7, 11) is 0. The molecule has 0 unspecified atom stereocenters. The van der Waals surface area contributed by atoms with E-state index in [1.165, 1.54) is 0 Å². The smallest absolute Gasteiger partial charge is 0.160 e. The Morgan fingerprint density at radius 2 is 2.12 bits per heavy atom. The van der Waals surface area contributed by atoms with Crippen molar-refractivity contribution in [1.29, 1.82) is 0 Å². The van der Waals surface area contributed by atoms with Gasteiger partial charge in [-0.1, -0.05) is 6.07 Å². The van der Waals surface area contributed by atoms with Crippen molar-refractivity contribution < 1.29 is 9.47 Å². The van der Waals surface area contributed by atoms with Crippen LogP contribution in [-0.4, -0.2) is 52.6 Å². The molecule has 6 nitrogen and oxygen atoms in total. The zero-order valence-electron chi connectivity index (χ0n) is 14.1. The molecule has 2 aromatic rings. The van der Waals surface area contributed by atoms with Crippen LogP contribution < -0.4 is 5.32 Å². The molecule has 0 radical (unpaired) electrons. The van der Waals surface area contributed by atoms with Gasteiger partial charge in [0.1, 0.15) is 5.82 Å². The van der Waals surface area contributed by atoms with Gasteiger partial charge in [-0.25, -0.2) is 0 Å². The van der Waals surface area contributed by atoms with Crippen LogP contribution in [0.25, 0.3) is 5.65 Å². The third-order valence-electron chi connectivity index (χ3n) is 5.29. The van der Waals surface area contributed by atoms with Crippen molar-refractivity contribution in [2.45, 2.75) is 50.2 Å². The van der Waals surface area contributed by atoms with E-state index in [2.05, 4.69) is 19.9 Å². The normalized spacial score (nSPS) is 23.8. The molecular formula is C18H26N4O2. The average Bonchev–Trinajstić information content (AvgIpc) is 3.03. The number of aromatic nitrogens is 3. The molecule has 0 aromatic carbocycles. The lowest BCUT2D eigenvalue weighted by Crippen LogP contribution is -2.50. The Morgan fingerprint density at radius 3 is 3.04 bits per heavy atom. The van der Waals surface area contributed by atoms with Gasteiger partial charge in [-0.15, -0.1) is 10.2 Å². The Hall–Kier alpha value is -1.50. The molecule has 6 heteroatoms. The van der Waals surface area contributed by atoms with E-state index in [-0.39, 0.29) is 5.60 Å². The summed E-state index contributed by atoms with van der Waals surface area (Å²) in [5.74, 6) is 1.04. The second-order valence-electron chi connectivity index (χ2n) is 6.94. The number of pyridine rings is 1. The molecule has 0 bridgehead atoms. The maximum Gasteiger partial charge on any atom is 0.160 e. The molecule has 4 heterocycles. The van der Waals surface area contributed by atoms with Crippen molar-refractivity contribution >= 4 is 5.65 Å². The zero-order chi connectivity index (χ0) is 16.2. The predicted octanol–water partition coefficient (Wildman–Crippen LogP) is 1.98. The second kappa shape index (κ2) is 7.17. The Morgan fingerprint density at radius 1 is 1.21 bits per heavy atom. The lowest BCUT2D eigenvalue weighted by atomic mass is 9.84. The highest BCUT2D eigenvalue weighted by Gasteiger charge is 2.38. The topological polar surface area (TPSA) is 60.7 Å². The van der Waals surface area contributed by atoms with Gasteiger partial charge < -0.3 is 14.8 Å². The van der Waals surface area contributed by atoms with Crippen molar-refractivity contribution in [2.24, 2.45) is 0 Å². The first kappa shape index (κ1) is 16.0. The fraction of sp³-hybridized carbons (Fsp3) is 0.667. The lowest BCUT2D eigenvalue weighted by molar-refractivity contribution is -0.140. The Labute approximate surface area is 142 Å². The third-order valence-corrected chi connectivity index (χ3v) is 5.29. The maximum atomic E-state index is 6.11. The van der Waals surface area contributed by atoms with E-state index in [0.29, 0.717) is 6.04 Å². The summed E-state index contributed by atoms with van der Waals surface area (Å²) in [5.41, 5.74) is 0.989. The second-order valence-corrected chi connectivity index (χ2v) is 6.94. The van der Waals surface area contributed by atoms with Crippen LogP contribution in [0.3, 0.4) is 0 Å². The molecule has 1 atom stereocenters. The molecule has 2 aliphatic rings. The Kier molecular flexibility index (Phi) is 4.78. The summed E-state index contributed by atoms with van der Waals surface area (Å²) in [6.07, 6.45) is 8.35. The number of rotatable bonds is 5. The minimum atomic E-state index is 0.0668. The van der Waals surface area contributed by atoms with Crippen molar-refractivity contribution in [1.82, 2.24) is 19.9 Å². The molecule has 1 N–H and O–H groups in total. The highest BCUT2D eigenvalue weighted by Crippen LogP contribution is 2.34. The van der Waals surface area contributed by atoms with Crippen LogP contribution in [0.5, 0.6) is 0 Å². The van der Waals surface area contributed by atoms with Crippen LogP contribution in [0.15, 0.2) is 24.4 Å². The van der Waals surface area contributed by atoms with Crippen molar-refractivity contribution in [3.8, 4) is 0 Å². The van der Waals surface area contributed by atoms with E-state index < -0.39 is 0 Å². The molecule has 2 aromatic heterocycles. The summed E-state index contributed by atoms with van der Waals surface area (Å²) < 4.78 is 13.7. The molecule has 2 fully saturated rings. The van der Waals surface area contributed by atoms with Crippen LogP contribution in [0, 0.1) is 0 Å². The highest BCUT2D eigenvalue weighted by atomic mass is 16.5. The van der Waals surface area contributed by atoms with E-state index in [9.17, 15) is 0 Å². The molecule has 0 saturated carbocycles. The molecule has 4 rings (SSSR count). The molecule has 0 amide bonds. The predicted molar refractivity (Wildman–Crippen MR) is 91.1 cm³/mol. The van der Waals surface area contributed by atoms with Crippen molar-refractivity contribution in [3.05, 3.63) is 30.2 Å². The van der Waals surface area contributed by atoms with Gasteiger partial charge in [0, 0.05) is 38.5 Å². The first-order chi connectivity index (χ1) is 11.8. The fourth-order valence-corrected chi connectivity index (χ4v) is 3.91. The molecule has 1 spiro atoms. The quantitative estimate of drug-likeness (QED) is 0.850. The Bertz CT molecular complexity index is 660. The summed E-state index contributed by atoms with van der Waals surface area (Å²) in [6, 6.07) is 6.57. The van der Waals surface area contributed by atoms with E-state index in [1.807, 2.05) is 24.4 Å². The number of nitrogens with zero attached hydrogens (tertiary/aromatic N) is 3. The largest absolute Gasteiger partial charge is 0.381 e. The summed E-state index contributed by atoms with van der Waals surface area (Å²) >= 11 is 0. The molecule has 24 heavy (non-hydrogen) atoms. The monoisotopic (exact) mass is 330 g/mol. The summed E-state index contributed by atoms with van der Waals surface area (Å²) in [4.78, 5) is 0. The SMILES string of the molecule is c1ccn2c(CCCN[C@H]3CCOC4(CCOCC4)C3)nnc2c1. The van der Waals surface area contributed by atoms with Crippen LogP contribution in [0.1, 0.15) is 37.9 Å². The van der Waals surface area contributed by atoms with Gasteiger partial charge in [-0.2, -0.15) is 0 Å². The molecule has 2 aliphatic heterocycles. The van der Waals surface area contributed by atoms with Gasteiger partial charge >= 0.3 is 0 Å². The maximum absolute atomic E-state index is 6.11. The minimum absolute atomic E-state index is 0.0668. The van der Waals surface area contributed by atoms with Gasteiger partial charge in [0.2, 0.25) is 0 Å². The number of ether oxygens (including phenoxy) is 2. The third kappa shape index (κ3) is 3.45. The summed E-state index contributed by atoms with van der Waals surface area (Å²) in [6.45, 7) is 3.56. The van der Waals surface area contributed by atoms with E-state index in [0.717, 1.165) is 76.4 Å². The lowest BCUT2D eigenvalue weighted by Gasteiger charge is -2.43. The standard InChI is InChI=1S/C18H26N4O2/c1-2-10-22-16(4-1)20-21-17(22)5-3-9-19-15-6-11-24-18(14-15)7-12-23-13-8-18/h1-2,4,10,15,19H,3,5-9,11-14H2/t15-/m0/s1. The van der Waals surface area contributed by atoms with Crippen LogP contribution in [-0.2, 0) is 15.9 Å². The number of hydrogen-bond donors (Lipinski definition) is 1. The van der Waals surface area contributed by atoms with Crippen LogP contribution >= 0.6 is 0 Å². The fourth-order valence-electron chi connectivity index (χ4n) is 3.91. The minimum Gasteiger partial charge on any atom is -0.381 e. The molecule has 2 saturated heterocycles. The highest BCUT2D eigenvalue weighted by molar-refractivity contribution is 5.36. The van der Waals surface area contributed by atoms with Gasteiger partial charge in [-0.3, -0.25) is 4.40 Å². The average molecular weight is 330 g/mol. The zero-order valence-corrected chi connectivity index (χ0v) is 14.1. The van der Waals surface area contributed by atoms with Gasteiger partial charge in [0.15, 0.2) is 5.65 Å². The van der Waals surface area contributed by atoms with Crippen LogP contribution in [0.2, 0.25) is 0 Å². The molecule has 130 valence electrons. The van der Waals surface area contributed by atoms with Gasteiger partial charge in [0.25, 0.3) is 0 Å². The molecular weight excluding hydrogens is 304 g/mol. The number of hydrogen-bond acceptors (Lipinski definition) is 5. The van der Waals surface area contributed by atoms with E-state index in [1.54, 1.807) is 0 Å². The van der Waals surface area contributed by atoms with E-state index in [4.69, 9.17) is 9.47 Å². The van der Waals surface area contributed by atoms with Crippen molar-refractivity contribution in [2.75, 3.05) is 26.4 Å². The number of nitrogens with one attached hydrogen (secondary N) is 1. The van der Waals surface area contributed by atoms with Gasteiger partial charge in [-0.05, 0) is 50.8 Å². The van der Waals surface area contributed by atoms with Gasteiger partial charge in [0.05, 0.1) is 5.60 Å². The van der Waals surface area contributed by atoms with Crippen molar-refractivity contribution in [3.63, 3.8) is 0 Å². The first-order valence-corrected chi connectivity index (χ1v) is 9.08. The van der Waals surface area contributed by atoms with Crippen LogP contribution in [0.4, 0.5) is 0 Å². The van der Waals surface area contributed by atoms with E-state index >= 15 is 0 Å². The molecule has 0 aliphatic carbocycles. The Balaban J connectivity index is 1.25. The summed E-state index contributed by atoms with van der Waals surface area (Å²) in [5, 5.41) is 12.2.